The molecule has 37 heavy (non-hydrogen) atoms. The maximum Gasteiger partial charge on any atom is 0.261 e. The Kier molecular flexibility index (Phi) is 6.92. The quantitative estimate of drug-likeness (QED) is 0.306. The van der Waals surface area contributed by atoms with Gasteiger partial charge in [-0.1, -0.05) is 12.1 Å². The van der Waals surface area contributed by atoms with E-state index in [9.17, 15) is 15.0 Å². The lowest BCUT2D eigenvalue weighted by molar-refractivity contribution is 0.0754. The van der Waals surface area contributed by atoms with Crippen LogP contribution in [0.2, 0.25) is 0 Å². The molecule has 9 nitrogen and oxygen atoms in total. The second kappa shape index (κ2) is 10.3. The first-order chi connectivity index (χ1) is 17.9. The van der Waals surface area contributed by atoms with Crippen LogP contribution < -0.4 is 15.7 Å². The first-order valence-electron chi connectivity index (χ1n) is 12.3. The lowest BCUT2D eigenvalue weighted by Crippen LogP contribution is -2.23. The number of pyridine rings is 1. The summed E-state index contributed by atoms with van der Waals surface area (Å²) in [5, 5.41) is 32.8. The monoisotopic (exact) mass is 502 g/mol. The molecule has 9 heteroatoms. The average Bonchev–Trinajstić information content (AvgIpc) is 3.33. The largest absolute Gasteiger partial charge is 0.494 e. The Bertz CT molecular complexity index is 1590. The Balaban J connectivity index is 1.50. The number of hydrogen-bond acceptors (Lipinski definition) is 8. The molecule has 4 aromatic rings. The molecular weight excluding hydrogens is 472 g/mol. The summed E-state index contributed by atoms with van der Waals surface area (Å²) in [6, 6.07) is 14.7. The van der Waals surface area contributed by atoms with Crippen LogP contribution >= 0.6 is 0 Å². The number of aromatic hydroxyl groups is 1. The van der Waals surface area contributed by atoms with Crippen LogP contribution in [0.15, 0.2) is 63.3 Å². The van der Waals surface area contributed by atoms with Gasteiger partial charge in [0, 0.05) is 40.1 Å². The van der Waals surface area contributed by atoms with Gasteiger partial charge in [-0.15, -0.1) is 0 Å². The van der Waals surface area contributed by atoms with E-state index in [0.717, 1.165) is 23.9 Å². The maximum absolute atomic E-state index is 13.3. The Morgan fingerprint density at radius 3 is 2.54 bits per heavy atom. The van der Waals surface area contributed by atoms with Gasteiger partial charge >= 0.3 is 0 Å². The minimum absolute atomic E-state index is 0.0493. The number of benzene rings is 3. The smallest absolute Gasteiger partial charge is 0.261 e. The fourth-order valence-corrected chi connectivity index (χ4v) is 4.63. The van der Waals surface area contributed by atoms with Crippen molar-refractivity contribution in [1.82, 2.24) is 9.47 Å². The van der Waals surface area contributed by atoms with E-state index < -0.39 is 6.10 Å². The molecule has 1 aromatic heterocycles. The van der Waals surface area contributed by atoms with Gasteiger partial charge in [0.2, 0.25) is 5.88 Å². The van der Waals surface area contributed by atoms with Gasteiger partial charge in [-0.2, -0.15) is 0 Å². The lowest BCUT2D eigenvalue weighted by atomic mass is 10.0. The summed E-state index contributed by atoms with van der Waals surface area (Å²) in [6.45, 7) is 1.22. The van der Waals surface area contributed by atoms with Crippen LogP contribution in [0.5, 0.6) is 11.6 Å². The van der Waals surface area contributed by atoms with E-state index in [1.165, 1.54) is 4.57 Å². The van der Waals surface area contributed by atoms with Crippen molar-refractivity contribution in [2.24, 2.45) is 9.98 Å². The highest BCUT2D eigenvalue weighted by Gasteiger charge is 2.21. The first kappa shape index (κ1) is 24.9. The number of ether oxygens (including phenoxy) is 1. The van der Waals surface area contributed by atoms with Crippen LogP contribution in [-0.2, 0) is 6.54 Å². The van der Waals surface area contributed by atoms with Crippen molar-refractivity contribution in [3.63, 3.8) is 0 Å². The molecule has 192 valence electrons. The molecule has 3 aromatic carbocycles. The Morgan fingerprint density at radius 2 is 1.81 bits per heavy atom. The molecule has 0 spiro atoms. The molecule has 0 radical (unpaired) electrons. The van der Waals surface area contributed by atoms with Gasteiger partial charge in [-0.3, -0.25) is 9.36 Å². The highest BCUT2D eigenvalue weighted by Crippen LogP contribution is 2.33. The van der Waals surface area contributed by atoms with Crippen molar-refractivity contribution in [3.8, 4) is 11.6 Å². The third kappa shape index (κ3) is 4.81. The zero-order valence-corrected chi connectivity index (χ0v) is 20.9. The molecule has 0 bridgehead atoms. The van der Waals surface area contributed by atoms with Crippen molar-refractivity contribution < 1.29 is 20.1 Å². The molecule has 0 amide bonds. The topological polar surface area (TPSA) is 120 Å². The predicted octanol–water partition coefficient (Wildman–Crippen LogP) is 2.36. The third-order valence-electron chi connectivity index (χ3n) is 6.56. The molecular formula is C28H30N4O5. The van der Waals surface area contributed by atoms with E-state index in [0.29, 0.717) is 58.4 Å². The minimum Gasteiger partial charge on any atom is -0.494 e. The van der Waals surface area contributed by atoms with Crippen LogP contribution in [0.3, 0.4) is 0 Å². The number of fused-ring (bicyclic) bond motifs is 2. The van der Waals surface area contributed by atoms with Crippen molar-refractivity contribution >= 4 is 33.1 Å². The number of hydrogen-bond donors (Lipinski definition) is 3. The lowest BCUT2D eigenvalue weighted by Gasteiger charge is -2.15. The van der Waals surface area contributed by atoms with Crippen LogP contribution in [0.25, 0.3) is 21.5 Å². The van der Waals surface area contributed by atoms with E-state index in [2.05, 4.69) is 0 Å². The summed E-state index contributed by atoms with van der Waals surface area (Å²) in [6.07, 6.45) is 0.281. The Hall–Kier alpha value is -3.79. The third-order valence-corrected chi connectivity index (χ3v) is 6.56. The number of aliphatic imine (C=N–C) groups is 1. The average molecular weight is 503 g/mol. The van der Waals surface area contributed by atoms with Crippen molar-refractivity contribution in [3.05, 3.63) is 69.8 Å². The summed E-state index contributed by atoms with van der Waals surface area (Å²) in [7, 11) is 3.95. The zero-order valence-electron chi connectivity index (χ0n) is 20.9. The molecule has 1 aliphatic rings. The molecule has 0 aliphatic carbocycles. The van der Waals surface area contributed by atoms with Gasteiger partial charge in [0.05, 0.1) is 30.4 Å². The number of rotatable bonds is 10. The van der Waals surface area contributed by atoms with E-state index in [-0.39, 0.29) is 18.0 Å². The van der Waals surface area contributed by atoms with Crippen LogP contribution in [0.1, 0.15) is 18.4 Å². The number of aliphatic hydroxyl groups is 2. The maximum atomic E-state index is 13.3. The minimum atomic E-state index is -0.794. The Labute approximate surface area is 213 Å². The van der Waals surface area contributed by atoms with Crippen LogP contribution in [-0.4, -0.2) is 70.6 Å². The van der Waals surface area contributed by atoms with Gasteiger partial charge < -0.3 is 25.0 Å². The van der Waals surface area contributed by atoms with Crippen LogP contribution in [0.4, 0.5) is 5.69 Å². The molecule has 3 N–H and O–H groups in total. The highest BCUT2D eigenvalue weighted by atomic mass is 16.5. The predicted molar refractivity (Wildman–Crippen MR) is 143 cm³/mol. The molecule has 0 fully saturated rings. The number of aromatic nitrogens is 1. The second-order valence-corrected chi connectivity index (χ2v) is 9.50. The number of aliphatic hydroxyl groups excluding tert-OH is 2. The standard InChI is InChI=1S/C28H30N4O5/c1-31(2)12-4-13-32-27(35)21-6-3-5-20-24(21)22(28(32)36)15-23-25(20)30-26(29-23)17-7-9-19(10-8-17)37-14-11-18(34)16-33/h3,5-10,15,18,33-34,36H,4,11-14,16H2,1-2H3/t18-/m0/s1. The SMILES string of the molecule is CN(C)CCCn1c(O)c2cc3c(c4cccc(c1=O)c24)=NC(c1ccc(OCC[C@H](O)CO)cc1)=N3. The summed E-state index contributed by atoms with van der Waals surface area (Å²) in [4.78, 5) is 24.8. The number of nitrogens with zero attached hydrogens (tertiary/aromatic N) is 4. The van der Waals surface area contributed by atoms with Crippen LogP contribution in [0, 0.1) is 0 Å². The van der Waals surface area contributed by atoms with Gasteiger partial charge in [-0.05, 0) is 63.5 Å². The molecule has 0 unspecified atom stereocenters. The summed E-state index contributed by atoms with van der Waals surface area (Å²) in [5.41, 5.74) is 1.23. The van der Waals surface area contributed by atoms with E-state index in [1.807, 2.05) is 49.3 Å². The molecule has 2 heterocycles. The van der Waals surface area contributed by atoms with Crippen molar-refractivity contribution in [2.75, 3.05) is 33.9 Å². The van der Waals surface area contributed by atoms with Gasteiger partial charge in [0.25, 0.3) is 5.56 Å². The van der Waals surface area contributed by atoms with Gasteiger partial charge in [-0.25, -0.2) is 9.98 Å². The highest BCUT2D eigenvalue weighted by molar-refractivity contribution is 6.14. The fourth-order valence-electron chi connectivity index (χ4n) is 4.63. The second-order valence-electron chi connectivity index (χ2n) is 9.50. The van der Waals surface area contributed by atoms with E-state index in [1.54, 1.807) is 18.2 Å². The normalized spacial score (nSPS) is 13.7. The molecule has 1 atom stereocenters. The van der Waals surface area contributed by atoms with Gasteiger partial charge in [0.15, 0.2) is 5.84 Å². The number of amidine groups is 1. The molecule has 1 aliphatic heterocycles. The summed E-state index contributed by atoms with van der Waals surface area (Å²) >= 11 is 0. The first-order valence-corrected chi connectivity index (χ1v) is 12.3. The molecule has 0 saturated heterocycles. The van der Waals surface area contributed by atoms with E-state index in [4.69, 9.17) is 19.8 Å². The van der Waals surface area contributed by atoms with E-state index >= 15 is 0 Å². The van der Waals surface area contributed by atoms with Crippen molar-refractivity contribution in [1.29, 1.82) is 0 Å². The summed E-state index contributed by atoms with van der Waals surface area (Å²) < 4.78 is 7.07. The molecule has 0 saturated carbocycles. The molecule has 5 rings (SSSR count). The van der Waals surface area contributed by atoms with Gasteiger partial charge in [0.1, 0.15) is 5.75 Å². The fraction of sp³-hybridized carbons (Fsp3) is 0.321. The van der Waals surface area contributed by atoms with Crippen molar-refractivity contribution in [2.45, 2.75) is 25.5 Å². The zero-order chi connectivity index (χ0) is 26.1. The summed E-state index contributed by atoms with van der Waals surface area (Å²) in [5.74, 6) is 1.13. The Morgan fingerprint density at radius 1 is 1.05 bits per heavy atom.